The summed E-state index contributed by atoms with van der Waals surface area (Å²) in [7, 11) is -6.23. The fourth-order valence-electron chi connectivity index (χ4n) is 15.7. The molecule has 0 radical (unpaired) electrons. The van der Waals surface area contributed by atoms with Crippen LogP contribution >= 0.6 is 0 Å². The van der Waals surface area contributed by atoms with Crippen LogP contribution in [0, 0.1) is 35.5 Å². The molecule has 6 N–H and O–H groups in total. The Labute approximate surface area is 599 Å². The second kappa shape index (κ2) is 44.3. The molecular formula is C72H126N6O19Si3. The van der Waals surface area contributed by atoms with Crippen LogP contribution in [-0.4, -0.2) is 176 Å². The molecule has 0 spiro atoms. The van der Waals surface area contributed by atoms with Gasteiger partial charge in [0, 0.05) is 55.0 Å². The highest BCUT2D eigenvalue weighted by atomic mass is 28.5. The molecule has 100 heavy (non-hydrogen) atoms. The topological polar surface area (TPSA) is 310 Å². The first kappa shape index (κ1) is 83.5. The van der Waals surface area contributed by atoms with E-state index in [2.05, 4.69) is 90.9 Å². The number of ether oxygens (including phenoxy) is 9. The Balaban J connectivity index is 0.792. The summed E-state index contributed by atoms with van der Waals surface area (Å²) in [6.07, 6.45) is 26.8. The van der Waals surface area contributed by atoms with Crippen LogP contribution in [-0.2, 0) is 60.5 Å². The van der Waals surface area contributed by atoms with Crippen LogP contribution in [0.25, 0.3) is 0 Å². The summed E-state index contributed by atoms with van der Waals surface area (Å²) in [6.45, 7) is 22.8. The summed E-state index contributed by atoms with van der Waals surface area (Å²) in [5.41, 5.74) is 0. The Morgan fingerprint density at radius 2 is 0.610 bits per heavy atom. The van der Waals surface area contributed by atoms with Crippen molar-refractivity contribution >= 4 is 73.7 Å². The summed E-state index contributed by atoms with van der Waals surface area (Å²) < 4.78 is 62.3. The van der Waals surface area contributed by atoms with Crippen molar-refractivity contribution in [2.45, 2.75) is 287 Å². The van der Waals surface area contributed by atoms with Crippen molar-refractivity contribution in [3.8, 4) is 0 Å². The molecule has 6 aliphatic carbocycles. The van der Waals surface area contributed by atoms with Crippen LogP contribution in [0.3, 0.4) is 0 Å². The molecular weight excluding hydrogens is 1340 g/mol. The largest absolute Gasteiger partial charge is 0.459 e. The van der Waals surface area contributed by atoms with Gasteiger partial charge in [-0.2, -0.15) is 0 Å². The maximum Gasteiger partial charge on any atom is 0.407 e. The van der Waals surface area contributed by atoms with E-state index in [9.17, 15) is 38.4 Å². The van der Waals surface area contributed by atoms with Crippen molar-refractivity contribution in [3.63, 3.8) is 0 Å². The number of amides is 6. The zero-order valence-electron chi connectivity index (χ0n) is 61.6. The lowest BCUT2D eigenvalue weighted by molar-refractivity contribution is -0.139. The third-order valence-electron chi connectivity index (χ3n) is 20.4. The molecule has 6 saturated carbocycles. The molecule has 0 aromatic rings. The van der Waals surface area contributed by atoms with Crippen LogP contribution in [0.15, 0.2) is 25.3 Å². The zero-order chi connectivity index (χ0) is 72.3. The van der Waals surface area contributed by atoms with Gasteiger partial charge in [0.05, 0.1) is 19.8 Å². The molecule has 6 aliphatic rings. The molecule has 6 amide bonds. The van der Waals surface area contributed by atoms with Crippen LogP contribution in [0.2, 0.25) is 51.9 Å². The van der Waals surface area contributed by atoms with E-state index in [1.165, 1.54) is 0 Å². The number of hydrogen-bond acceptors (Lipinski definition) is 19. The average molecular weight is 1460 g/mol. The minimum absolute atomic E-state index is 0.000935. The van der Waals surface area contributed by atoms with Gasteiger partial charge in [-0.25, -0.2) is 38.4 Å². The smallest absolute Gasteiger partial charge is 0.407 e. The van der Waals surface area contributed by atoms with Crippen molar-refractivity contribution in [1.29, 1.82) is 0 Å². The number of esters is 2. The second-order valence-electron chi connectivity index (χ2n) is 31.2. The summed E-state index contributed by atoms with van der Waals surface area (Å²) >= 11 is 0. The van der Waals surface area contributed by atoms with E-state index in [1.54, 1.807) is 0 Å². The molecule has 0 saturated heterocycles. The number of nitrogens with one attached hydrogen (secondary N) is 6. The van der Waals surface area contributed by atoms with Crippen LogP contribution in [0.1, 0.15) is 193 Å². The summed E-state index contributed by atoms with van der Waals surface area (Å²) in [5, 5.41) is 18.2. The summed E-state index contributed by atoms with van der Waals surface area (Å²) in [6, 6.07) is 1.06. The zero-order valence-corrected chi connectivity index (χ0v) is 64.6. The summed E-state index contributed by atoms with van der Waals surface area (Å²) in [5.74, 6) is 2.44. The van der Waals surface area contributed by atoms with Crippen molar-refractivity contribution < 1.29 is 89.2 Å². The number of carbonyl (C=O) groups is 8. The Morgan fingerprint density at radius 3 is 0.900 bits per heavy atom. The third-order valence-corrected chi connectivity index (χ3v) is 30.0. The number of hydrogen-bond donors (Lipinski definition) is 6. The maximum atomic E-state index is 13.5. The monoisotopic (exact) mass is 1460 g/mol. The predicted octanol–water partition coefficient (Wildman–Crippen LogP) is 13.7. The minimum atomic E-state index is -2.48. The molecule has 25 nitrogen and oxygen atoms in total. The fraction of sp³-hybridized carbons (Fsp3) is 0.833. The average Bonchev–Trinajstić information content (AvgIpc) is 0.646. The number of unbranched alkanes of at least 4 members (excludes halogenated alkanes) is 1. The van der Waals surface area contributed by atoms with Gasteiger partial charge in [0.1, 0.15) is 33.0 Å². The molecule has 28 heteroatoms. The highest BCUT2D eigenvalue weighted by molar-refractivity contribution is 6.87. The second-order valence-corrected chi connectivity index (χ2v) is 44.1. The first-order valence-corrected chi connectivity index (χ1v) is 47.3. The third kappa shape index (κ3) is 35.6. The Kier molecular flexibility index (Phi) is 37.0. The molecule has 0 bridgehead atoms. The minimum Gasteiger partial charge on any atom is -0.459 e. The van der Waals surface area contributed by atoms with Gasteiger partial charge >= 0.3 is 57.1 Å². The molecule has 0 aromatic carbocycles. The van der Waals surface area contributed by atoms with Crippen LogP contribution in [0.5, 0.6) is 0 Å². The molecule has 1 atom stereocenters. The van der Waals surface area contributed by atoms with Crippen molar-refractivity contribution in [2.75, 3.05) is 59.5 Å². The molecule has 570 valence electrons. The molecule has 0 heterocycles. The lowest BCUT2D eigenvalue weighted by Crippen LogP contribution is -2.52. The quantitative estimate of drug-likeness (QED) is 0.0110. The standard InChI is InChI=1S/C72H126N6O19Si3/c1-10-65(79)88-42-44-92-69(83)75-60-31-19-54(20-32-60)47-52-15-27-58(28-16-52)73-67(81)90-40-12-13-41-91-68(82)74-59-29-17-53(18-30-59)48-56-23-35-62(36-24-56)77-71(85)94-51-64(50-87-39-14-46-100(9,96-98(3,4)5)97-99(6,7)8)95-72(86)78-63-37-25-57(26-38-63)49-55-21-33-61(34-22-55)76-70(84)93-45-43-89-66(80)11-2/h10-11,52-64H,1-2,12-51H2,3-9H3,(H,73,81)(H,74,82)(H,75,83)(H,76,84)(H,77,85)(H,78,86). The Bertz CT molecular complexity index is 2480. The van der Waals surface area contributed by atoms with E-state index in [0.29, 0.717) is 55.0 Å². The molecule has 1 unspecified atom stereocenters. The first-order valence-electron chi connectivity index (χ1n) is 38.0. The van der Waals surface area contributed by atoms with Gasteiger partial charge in [-0.15, -0.1) is 0 Å². The van der Waals surface area contributed by atoms with Crippen LogP contribution in [0.4, 0.5) is 28.8 Å². The van der Waals surface area contributed by atoms with E-state index in [4.69, 9.17) is 50.9 Å². The highest BCUT2D eigenvalue weighted by Gasteiger charge is 2.40. The Hall–Kier alpha value is -5.43. The van der Waals surface area contributed by atoms with Gasteiger partial charge in [-0.3, -0.25) is 0 Å². The van der Waals surface area contributed by atoms with E-state index in [-0.39, 0.29) is 89.1 Å². The van der Waals surface area contributed by atoms with Gasteiger partial charge in [-0.05, 0) is 280 Å². The molecule has 0 aromatic heterocycles. The van der Waals surface area contributed by atoms with Gasteiger partial charge in [-0.1, -0.05) is 13.2 Å². The van der Waals surface area contributed by atoms with Crippen LogP contribution < -0.4 is 31.9 Å². The van der Waals surface area contributed by atoms with Crippen molar-refractivity contribution in [3.05, 3.63) is 25.3 Å². The van der Waals surface area contributed by atoms with E-state index in [0.717, 1.165) is 198 Å². The maximum absolute atomic E-state index is 13.5. The van der Waals surface area contributed by atoms with Gasteiger partial charge in [0.15, 0.2) is 22.7 Å². The number of carbonyl (C=O) groups excluding carboxylic acids is 8. The SMILES string of the molecule is C=CC(=O)OCCOC(=O)NC1CCC(CC2CCC(NC(=O)OCCCCOC(=O)NC3CCC(CC4CCC(NC(=O)OCC(COCCC[Si](C)(O[Si](C)(C)C)O[Si](C)(C)C)OC(=O)NC5CCC(CC6CCC(NC(=O)OCCOC(=O)C=C)CC6)CC5)CC4)CC3)CC2)CC1. The van der Waals surface area contributed by atoms with Crippen molar-refractivity contribution in [1.82, 2.24) is 31.9 Å². The van der Waals surface area contributed by atoms with E-state index < -0.39 is 79.8 Å². The summed E-state index contributed by atoms with van der Waals surface area (Å²) in [4.78, 5) is 99.0. The van der Waals surface area contributed by atoms with Crippen molar-refractivity contribution in [2.24, 2.45) is 35.5 Å². The lowest BCUT2D eigenvalue weighted by Gasteiger charge is -2.38. The van der Waals surface area contributed by atoms with Gasteiger partial charge in [0.25, 0.3) is 0 Å². The molecule has 6 rings (SSSR count). The highest BCUT2D eigenvalue weighted by Crippen LogP contribution is 2.39. The van der Waals surface area contributed by atoms with Gasteiger partial charge < -0.3 is 82.8 Å². The number of alkyl carbamates (subject to hydrolysis) is 6. The molecule has 0 aliphatic heterocycles. The van der Waals surface area contributed by atoms with E-state index in [1.807, 2.05) is 0 Å². The lowest BCUT2D eigenvalue weighted by atomic mass is 9.76. The predicted molar refractivity (Wildman–Crippen MR) is 386 cm³/mol. The van der Waals surface area contributed by atoms with Gasteiger partial charge in [0.2, 0.25) is 0 Å². The molecule has 6 fully saturated rings. The fourth-order valence-corrected chi connectivity index (χ4v) is 28.2. The number of rotatable bonds is 38. The normalized spacial score (nSPS) is 26.1. The Morgan fingerprint density at radius 1 is 0.340 bits per heavy atom. The van der Waals surface area contributed by atoms with E-state index >= 15 is 0 Å². The first-order chi connectivity index (χ1) is 47.8.